The highest BCUT2D eigenvalue weighted by molar-refractivity contribution is 5.19. The van der Waals surface area contributed by atoms with Crippen LogP contribution in [0.1, 0.15) is 36.9 Å². The summed E-state index contributed by atoms with van der Waals surface area (Å²) in [6, 6.07) is 2.16. The fourth-order valence-corrected chi connectivity index (χ4v) is 1.48. The van der Waals surface area contributed by atoms with Crippen molar-refractivity contribution in [1.29, 1.82) is 0 Å². The number of nitrogens with two attached hydrogens (primary N) is 1. The normalized spacial score (nSPS) is 14.9. The first-order valence-electron chi connectivity index (χ1n) is 5.33. The average molecular weight is 208 g/mol. The molecule has 15 heavy (non-hydrogen) atoms. The summed E-state index contributed by atoms with van der Waals surface area (Å²) < 4.78 is 5.19. The monoisotopic (exact) mass is 208 g/mol. The molecule has 0 saturated heterocycles. The Kier molecular flexibility index (Phi) is 4.72. The molecule has 1 heterocycles. The third-order valence-electron chi connectivity index (χ3n) is 2.61. The van der Waals surface area contributed by atoms with Gasteiger partial charge in [-0.05, 0) is 37.8 Å². The number of ether oxygens (including phenoxy) is 1. The van der Waals surface area contributed by atoms with E-state index in [1.165, 1.54) is 0 Å². The van der Waals surface area contributed by atoms with Crippen LogP contribution in [-0.2, 0) is 4.74 Å². The Balaban J connectivity index is 2.50. The number of methoxy groups -OCH3 is 1. The summed E-state index contributed by atoms with van der Waals surface area (Å²) in [7, 11) is 1.73. The first kappa shape index (κ1) is 12.1. The molecule has 0 spiro atoms. The fraction of sp³-hybridized carbons (Fsp3) is 0.583. The molecular weight excluding hydrogens is 188 g/mol. The molecule has 0 amide bonds. The van der Waals surface area contributed by atoms with Crippen molar-refractivity contribution in [3.63, 3.8) is 0 Å². The van der Waals surface area contributed by atoms with E-state index in [2.05, 4.69) is 18.0 Å². The Labute approximate surface area is 91.7 Å². The smallest absolute Gasteiger partial charge is 0.0543 e. The molecule has 2 N–H and O–H groups in total. The summed E-state index contributed by atoms with van der Waals surface area (Å²) in [4.78, 5) is 4.14. The summed E-state index contributed by atoms with van der Waals surface area (Å²) in [5.74, 6) is 0. The lowest BCUT2D eigenvalue weighted by atomic mass is 10.0. The zero-order valence-corrected chi connectivity index (χ0v) is 9.73. The average Bonchev–Trinajstić information content (AvgIpc) is 2.25. The standard InChI is InChI=1S/C12H20N2O/c1-9-6-11(8-14-7-9)12(13)5-4-10(2)15-3/h6-8,10,12H,4-5,13H2,1-3H3. The predicted octanol–water partition coefficient (Wildman–Crippen LogP) is 2.20. The highest BCUT2D eigenvalue weighted by Gasteiger charge is 2.08. The maximum absolute atomic E-state index is 6.07. The van der Waals surface area contributed by atoms with Crippen molar-refractivity contribution in [2.75, 3.05) is 7.11 Å². The lowest BCUT2D eigenvalue weighted by Crippen LogP contribution is -2.14. The largest absolute Gasteiger partial charge is 0.382 e. The van der Waals surface area contributed by atoms with Gasteiger partial charge in [0.15, 0.2) is 0 Å². The van der Waals surface area contributed by atoms with Crippen molar-refractivity contribution in [1.82, 2.24) is 4.98 Å². The van der Waals surface area contributed by atoms with Crippen LogP contribution in [0.15, 0.2) is 18.5 Å². The van der Waals surface area contributed by atoms with E-state index < -0.39 is 0 Å². The minimum atomic E-state index is 0.0648. The van der Waals surface area contributed by atoms with Gasteiger partial charge in [0.25, 0.3) is 0 Å². The van der Waals surface area contributed by atoms with Gasteiger partial charge in [0.05, 0.1) is 6.10 Å². The van der Waals surface area contributed by atoms with E-state index in [1.807, 2.05) is 19.3 Å². The quantitative estimate of drug-likeness (QED) is 0.807. The molecule has 1 rings (SSSR count). The Morgan fingerprint density at radius 1 is 1.40 bits per heavy atom. The van der Waals surface area contributed by atoms with Gasteiger partial charge in [-0.3, -0.25) is 4.98 Å². The molecule has 3 nitrogen and oxygen atoms in total. The van der Waals surface area contributed by atoms with Crippen LogP contribution in [0.3, 0.4) is 0 Å². The Morgan fingerprint density at radius 2 is 2.13 bits per heavy atom. The second-order valence-corrected chi connectivity index (χ2v) is 4.03. The van der Waals surface area contributed by atoms with Crippen LogP contribution in [0.5, 0.6) is 0 Å². The first-order chi connectivity index (χ1) is 7.13. The number of aromatic nitrogens is 1. The summed E-state index contributed by atoms with van der Waals surface area (Å²) in [6.07, 6.45) is 5.86. The van der Waals surface area contributed by atoms with Crippen molar-refractivity contribution in [2.24, 2.45) is 5.73 Å². The van der Waals surface area contributed by atoms with Crippen molar-refractivity contribution in [2.45, 2.75) is 38.8 Å². The maximum atomic E-state index is 6.07. The third-order valence-corrected chi connectivity index (χ3v) is 2.61. The van der Waals surface area contributed by atoms with Crippen LogP contribution < -0.4 is 5.73 Å². The molecule has 0 radical (unpaired) electrons. The van der Waals surface area contributed by atoms with E-state index in [9.17, 15) is 0 Å². The fourth-order valence-electron chi connectivity index (χ4n) is 1.48. The lowest BCUT2D eigenvalue weighted by molar-refractivity contribution is 0.107. The van der Waals surface area contributed by atoms with Gasteiger partial charge in [0.1, 0.15) is 0 Å². The topological polar surface area (TPSA) is 48.1 Å². The van der Waals surface area contributed by atoms with Crippen LogP contribution in [0.4, 0.5) is 0 Å². The molecule has 0 aliphatic rings. The third kappa shape index (κ3) is 3.98. The second-order valence-electron chi connectivity index (χ2n) is 4.03. The van der Waals surface area contributed by atoms with Gasteiger partial charge in [0, 0.05) is 25.5 Å². The molecule has 0 aliphatic carbocycles. The summed E-state index contributed by atoms with van der Waals surface area (Å²) >= 11 is 0. The van der Waals surface area contributed by atoms with Gasteiger partial charge in [-0.1, -0.05) is 6.07 Å². The van der Waals surface area contributed by atoms with Gasteiger partial charge in [0.2, 0.25) is 0 Å². The van der Waals surface area contributed by atoms with Gasteiger partial charge in [-0.25, -0.2) is 0 Å². The summed E-state index contributed by atoms with van der Waals surface area (Å²) in [5, 5.41) is 0. The molecule has 3 heteroatoms. The molecule has 1 aromatic heterocycles. The molecule has 0 aromatic carbocycles. The number of aryl methyl sites for hydroxylation is 1. The molecule has 0 aliphatic heterocycles. The Bertz CT molecular complexity index is 301. The summed E-state index contributed by atoms with van der Waals surface area (Å²) in [5.41, 5.74) is 8.34. The number of hydrogen-bond acceptors (Lipinski definition) is 3. The number of nitrogens with zero attached hydrogens (tertiary/aromatic N) is 1. The minimum absolute atomic E-state index is 0.0648. The molecule has 84 valence electrons. The molecule has 0 saturated carbocycles. The minimum Gasteiger partial charge on any atom is -0.382 e. The summed E-state index contributed by atoms with van der Waals surface area (Å²) in [6.45, 7) is 4.09. The van der Waals surface area contributed by atoms with E-state index in [4.69, 9.17) is 10.5 Å². The van der Waals surface area contributed by atoms with Gasteiger partial charge < -0.3 is 10.5 Å². The zero-order valence-electron chi connectivity index (χ0n) is 9.73. The Hall–Kier alpha value is -0.930. The van der Waals surface area contributed by atoms with Crippen LogP contribution in [0.25, 0.3) is 0 Å². The molecule has 2 unspecified atom stereocenters. The van der Waals surface area contributed by atoms with Crippen LogP contribution >= 0.6 is 0 Å². The van der Waals surface area contributed by atoms with E-state index in [-0.39, 0.29) is 12.1 Å². The van der Waals surface area contributed by atoms with E-state index in [0.717, 1.165) is 24.0 Å². The molecular formula is C12H20N2O. The Morgan fingerprint density at radius 3 is 2.73 bits per heavy atom. The van der Waals surface area contributed by atoms with Crippen LogP contribution in [-0.4, -0.2) is 18.2 Å². The number of pyridine rings is 1. The van der Waals surface area contributed by atoms with E-state index >= 15 is 0 Å². The van der Waals surface area contributed by atoms with E-state index in [1.54, 1.807) is 7.11 Å². The predicted molar refractivity (Wildman–Crippen MR) is 61.6 cm³/mol. The zero-order chi connectivity index (χ0) is 11.3. The SMILES string of the molecule is COC(C)CCC(N)c1cncc(C)c1. The van der Waals surface area contributed by atoms with Crippen molar-refractivity contribution in [3.8, 4) is 0 Å². The molecule has 0 fully saturated rings. The van der Waals surface area contributed by atoms with Gasteiger partial charge in [-0.2, -0.15) is 0 Å². The lowest BCUT2D eigenvalue weighted by Gasteiger charge is -2.14. The maximum Gasteiger partial charge on any atom is 0.0543 e. The van der Waals surface area contributed by atoms with Crippen molar-refractivity contribution < 1.29 is 4.74 Å². The molecule has 0 bridgehead atoms. The molecule has 2 atom stereocenters. The second kappa shape index (κ2) is 5.83. The first-order valence-corrected chi connectivity index (χ1v) is 5.33. The number of hydrogen-bond donors (Lipinski definition) is 1. The van der Waals surface area contributed by atoms with Crippen molar-refractivity contribution in [3.05, 3.63) is 29.6 Å². The highest BCUT2D eigenvalue weighted by atomic mass is 16.5. The van der Waals surface area contributed by atoms with Crippen LogP contribution in [0, 0.1) is 6.92 Å². The van der Waals surface area contributed by atoms with E-state index in [0.29, 0.717) is 0 Å². The van der Waals surface area contributed by atoms with Crippen molar-refractivity contribution >= 4 is 0 Å². The molecule has 1 aromatic rings. The number of rotatable bonds is 5. The van der Waals surface area contributed by atoms with Gasteiger partial charge >= 0.3 is 0 Å². The van der Waals surface area contributed by atoms with Gasteiger partial charge in [-0.15, -0.1) is 0 Å². The van der Waals surface area contributed by atoms with Crippen LogP contribution in [0.2, 0.25) is 0 Å². The highest BCUT2D eigenvalue weighted by Crippen LogP contribution is 2.17.